The van der Waals surface area contributed by atoms with Crippen LogP contribution in [0.4, 0.5) is 0 Å². The fraction of sp³-hybridized carbons (Fsp3) is 0.667. The van der Waals surface area contributed by atoms with Crippen LogP contribution in [-0.4, -0.2) is 0 Å². The van der Waals surface area contributed by atoms with Crippen LogP contribution in [0, 0.1) is 5.92 Å². The van der Waals surface area contributed by atoms with Crippen molar-refractivity contribution in [3.63, 3.8) is 0 Å². The number of hydrogen-bond acceptors (Lipinski definition) is 1. The van der Waals surface area contributed by atoms with Crippen molar-refractivity contribution in [2.75, 3.05) is 0 Å². The molecule has 1 aliphatic rings. The van der Waals surface area contributed by atoms with Gasteiger partial charge in [0.1, 0.15) is 0 Å². The SMILES string of the molecule is Brc1ccsc1C(Br)CCC1CCCC1. The summed E-state index contributed by atoms with van der Waals surface area (Å²) in [6, 6.07) is 2.14. The Kier molecular flexibility index (Phi) is 4.71. The summed E-state index contributed by atoms with van der Waals surface area (Å²) >= 11 is 9.25. The third-order valence-corrected chi connectivity index (χ3v) is 6.44. The number of rotatable bonds is 4. The Morgan fingerprint density at radius 2 is 2.13 bits per heavy atom. The molecule has 0 nitrogen and oxygen atoms in total. The zero-order chi connectivity index (χ0) is 10.7. The minimum absolute atomic E-state index is 0.549. The molecule has 0 radical (unpaired) electrons. The van der Waals surface area contributed by atoms with E-state index in [0.29, 0.717) is 4.83 Å². The van der Waals surface area contributed by atoms with Crippen LogP contribution in [0.2, 0.25) is 0 Å². The molecule has 2 rings (SSSR count). The topological polar surface area (TPSA) is 0 Å². The van der Waals surface area contributed by atoms with Crippen LogP contribution in [-0.2, 0) is 0 Å². The van der Waals surface area contributed by atoms with Crippen molar-refractivity contribution < 1.29 is 0 Å². The standard InChI is InChI=1S/C12H16Br2S/c13-10(12-11(14)7-8-15-12)6-5-9-3-1-2-4-9/h7-10H,1-6H2. The number of alkyl halides is 1. The molecular weight excluding hydrogens is 336 g/mol. The van der Waals surface area contributed by atoms with Gasteiger partial charge in [-0.25, -0.2) is 0 Å². The van der Waals surface area contributed by atoms with E-state index in [4.69, 9.17) is 0 Å². The first kappa shape index (κ1) is 12.1. The molecule has 1 heterocycles. The molecule has 0 spiro atoms. The summed E-state index contributed by atoms with van der Waals surface area (Å²) in [6.45, 7) is 0. The molecule has 1 saturated carbocycles. The Labute approximate surface area is 113 Å². The van der Waals surface area contributed by atoms with Crippen molar-refractivity contribution in [3.8, 4) is 0 Å². The highest BCUT2D eigenvalue weighted by Gasteiger charge is 2.18. The van der Waals surface area contributed by atoms with E-state index in [1.807, 2.05) is 11.3 Å². The normalized spacial score (nSPS) is 19.6. The Balaban J connectivity index is 1.81. The van der Waals surface area contributed by atoms with Crippen LogP contribution >= 0.6 is 43.2 Å². The molecule has 3 heteroatoms. The molecule has 1 aromatic rings. The smallest absolute Gasteiger partial charge is 0.0500 e. The second kappa shape index (κ2) is 5.83. The molecule has 1 aliphatic carbocycles. The van der Waals surface area contributed by atoms with Gasteiger partial charge in [0.25, 0.3) is 0 Å². The fourth-order valence-electron chi connectivity index (χ4n) is 2.34. The molecule has 1 fully saturated rings. The van der Waals surface area contributed by atoms with Crippen molar-refractivity contribution in [1.82, 2.24) is 0 Å². The molecule has 15 heavy (non-hydrogen) atoms. The van der Waals surface area contributed by atoms with Crippen molar-refractivity contribution >= 4 is 43.2 Å². The second-order valence-corrected chi connectivity index (χ2v) is 7.24. The van der Waals surface area contributed by atoms with Crippen LogP contribution in [0.25, 0.3) is 0 Å². The van der Waals surface area contributed by atoms with E-state index in [0.717, 1.165) is 5.92 Å². The van der Waals surface area contributed by atoms with Crippen LogP contribution in [0.5, 0.6) is 0 Å². The number of thiophene rings is 1. The van der Waals surface area contributed by atoms with E-state index < -0.39 is 0 Å². The third-order valence-electron chi connectivity index (χ3n) is 3.23. The molecule has 0 amide bonds. The predicted octanol–water partition coefficient (Wildman–Crippen LogP) is 5.92. The van der Waals surface area contributed by atoms with Gasteiger partial charge in [-0.1, -0.05) is 41.6 Å². The zero-order valence-corrected chi connectivity index (χ0v) is 12.7. The maximum atomic E-state index is 3.80. The number of halogens is 2. The van der Waals surface area contributed by atoms with E-state index in [1.165, 1.54) is 47.9 Å². The Morgan fingerprint density at radius 3 is 2.73 bits per heavy atom. The van der Waals surface area contributed by atoms with Crippen LogP contribution < -0.4 is 0 Å². The Hall–Kier alpha value is 0.660. The highest BCUT2D eigenvalue weighted by molar-refractivity contribution is 9.11. The van der Waals surface area contributed by atoms with Gasteiger partial charge in [0.05, 0.1) is 4.83 Å². The highest BCUT2D eigenvalue weighted by Crippen LogP contribution is 2.39. The van der Waals surface area contributed by atoms with Gasteiger partial charge in [-0.15, -0.1) is 11.3 Å². The molecular formula is C12H16Br2S. The van der Waals surface area contributed by atoms with Gasteiger partial charge >= 0.3 is 0 Å². The van der Waals surface area contributed by atoms with Gasteiger partial charge < -0.3 is 0 Å². The summed E-state index contributed by atoms with van der Waals surface area (Å²) in [5.41, 5.74) is 0. The molecule has 84 valence electrons. The first-order chi connectivity index (χ1) is 7.27. The predicted molar refractivity (Wildman–Crippen MR) is 74.9 cm³/mol. The van der Waals surface area contributed by atoms with E-state index in [1.54, 1.807) is 0 Å². The van der Waals surface area contributed by atoms with Gasteiger partial charge in [0.15, 0.2) is 0 Å². The average molecular weight is 352 g/mol. The highest BCUT2D eigenvalue weighted by atomic mass is 79.9. The molecule has 0 saturated heterocycles. The van der Waals surface area contributed by atoms with E-state index >= 15 is 0 Å². The summed E-state index contributed by atoms with van der Waals surface area (Å²) in [5.74, 6) is 1.00. The van der Waals surface area contributed by atoms with E-state index in [9.17, 15) is 0 Å². The van der Waals surface area contributed by atoms with Crippen molar-refractivity contribution in [3.05, 3.63) is 20.8 Å². The van der Waals surface area contributed by atoms with Crippen molar-refractivity contribution in [1.29, 1.82) is 0 Å². The van der Waals surface area contributed by atoms with E-state index in [2.05, 4.69) is 43.3 Å². The molecule has 1 unspecified atom stereocenters. The number of hydrogen-bond donors (Lipinski definition) is 0. The van der Waals surface area contributed by atoms with Crippen LogP contribution in [0.1, 0.15) is 48.2 Å². The fourth-order valence-corrected chi connectivity index (χ4v) is 5.14. The maximum absolute atomic E-state index is 3.80. The van der Waals surface area contributed by atoms with Gasteiger partial charge in [0, 0.05) is 9.35 Å². The third kappa shape index (κ3) is 3.31. The van der Waals surface area contributed by atoms with Crippen molar-refractivity contribution in [2.24, 2.45) is 5.92 Å². The quantitative estimate of drug-likeness (QED) is 0.591. The zero-order valence-electron chi connectivity index (χ0n) is 8.72. The molecule has 0 bridgehead atoms. The minimum atomic E-state index is 0.549. The lowest BCUT2D eigenvalue weighted by atomic mass is 10.0. The monoisotopic (exact) mass is 350 g/mol. The summed E-state index contributed by atoms with van der Waals surface area (Å²) < 4.78 is 1.26. The maximum Gasteiger partial charge on any atom is 0.0500 e. The first-order valence-corrected chi connectivity index (χ1v) is 8.23. The Bertz CT molecular complexity index is 302. The molecule has 0 N–H and O–H groups in total. The van der Waals surface area contributed by atoms with Gasteiger partial charge in [0.2, 0.25) is 0 Å². The van der Waals surface area contributed by atoms with Crippen molar-refractivity contribution in [2.45, 2.75) is 43.4 Å². The van der Waals surface area contributed by atoms with Gasteiger partial charge in [-0.2, -0.15) is 0 Å². The minimum Gasteiger partial charge on any atom is -0.147 e. The summed E-state index contributed by atoms with van der Waals surface area (Å²) in [5, 5.41) is 2.16. The summed E-state index contributed by atoms with van der Waals surface area (Å²) in [4.78, 5) is 2.00. The summed E-state index contributed by atoms with van der Waals surface area (Å²) in [7, 11) is 0. The largest absolute Gasteiger partial charge is 0.147 e. The molecule has 0 aromatic carbocycles. The lowest BCUT2D eigenvalue weighted by molar-refractivity contribution is 0.484. The van der Waals surface area contributed by atoms with Gasteiger partial charge in [-0.3, -0.25) is 0 Å². The van der Waals surface area contributed by atoms with Gasteiger partial charge in [-0.05, 0) is 46.1 Å². The lowest BCUT2D eigenvalue weighted by Crippen LogP contribution is -1.96. The Morgan fingerprint density at radius 1 is 1.40 bits per heavy atom. The molecule has 1 atom stereocenters. The molecule has 1 aromatic heterocycles. The van der Waals surface area contributed by atoms with Crippen LogP contribution in [0.15, 0.2) is 15.9 Å². The average Bonchev–Trinajstić information content (AvgIpc) is 2.84. The van der Waals surface area contributed by atoms with E-state index in [-0.39, 0.29) is 0 Å². The lowest BCUT2D eigenvalue weighted by Gasteiger charge is -2.12. The first-order valence-electron chi connectivity index (χ1n) is 5.64. The second-order valence-electron chi connectivity index (χ2n) is 4.33. The molecule has 0 aliphatic heterocycles. The van der Waals surface area contributed by atoms with Crippen LogP contribution in [0.3, 0.4) is 0 Å². The summed E-state index contributed by atoms with van der Waals surface area (Å²) in [6.07, 6.45) is 8.52.